The molecular weight excluding hydrogens is 879 g/mol. The summed E-state index contributed by atoms with van der Waals surface area (Å²) in [4.78, 5) is 36.0. The standard InChI is InChI=1S/C16H13Br2NO3.C9H10BrNO3.C7H5BrO.ClH/c17-12-5-1-10(2-6-12)9-19-14(16(21)22)15(20)11-3-7-13(18)8-4-11;10-6-3-1-5(2-4-6)8(12)7(11)9(13)14;8-7-3-1-6(5-9)2-4-7;/h1-9,14-15,20H,(H,21,22);1-4,7-8,12H,11H2,(H,13,14);1-5H;1H/t14-,15+;7-,8+;;/m00../s1. The predicted molar refractivity (Wildman–Crippen MR) is 194 cm³/mol. The summed E-state index contributed by atoms with van der Waals surface area (Å²) in [6, 6.07) is 25.4. The fourth-order valence-corrected chi connectivity index (χ4v) is 4.44. The zero-order valence-corrected chi connectivity index (χ0v) is 30.8. The maximum Gasteiger partial charge on any atom is 0.331 e. The zero-order chi connectivity index (χ0) is 33.5. The molecule has 0 spiro atoms. The van der Waals surface area contributed by atoms with E-state index in [0.29, 0.717) is 16.7 Å². The van der Waals surface area contributed by atoms with Gasteiger partial charge in [0.1, 0.15) is 24.5 Å². The number of benzene rings is 4. The molecule has 46 heavy (non-hydrogen) atoms. The third-order valence-electron chi connectivity index (χ3n) is 5.86. The first-order valence-corrected chi connectivity index (χ1v) is 16.1. The number of halogens is 5. The SMILES string of the molecule is Cl.N[C@H](C(=O)O)[C@H](O)c1ccc(Br)cc1.O=C(O)[C@@H](N=Cc1ccc(Br)cc1)[C@H](O)c1ccc(Br)cc1.O=Cc1ccc(Br)cc1. The molecule has 4 aromatic carbocycles. The number of nitrogens with zero attached hydrogens (tertiary/aromatic N) is 1. The van der Waals surface area contributed by atoms with E-state index < -0.39 is 36.2 Å². The van der Waals surface area contributed by atoms with Crippen LogP contribution in [0.25, 0.3) is 0 Å². The van der Waals surface area contributed by atoms with E-state index >= 15 is 0 Å². The maximum absolute atomic E-state index is 11.4. The highest BCUT2D eigenvalue weighted by Crippen LogP contribution is 2.22. The number of aliphatic carboxylic acids is 2. The molecule has 9 nitrogen and oxygen atoms in total. The topological polar surface area (TPSA) is 171 Å². The van der Waals surface area contributed by atoms with Crippen LogP contribution in [0.5, 0.6) is 0 Å². The number of aldehydes is 1. The molecule has 0 bridgehead atoms. The molecule has 4 aromatic rings. The van der Waals surface area contributed by atoms with E-state index in [-0.39, 0.29) is 12.4 Å². The average molecular weight is 909 g/mol. The van der Waals surface area contributed by atoms with Crippen LogP contribution in [-0.2, 0) is 9.59 Å². The number of hydrogen-bond acceptors (Lipinski definition) is 7. The Hall–Kier alpha value is -2.75. The van der Waals surface area contributed by atoms with Crippen molar-refractivity contribution in [3.05, 3.63) is 137 Å². The van der Waals surface area contributed by atoms with Crippen LogP contribution in [0.2, 0.25) is 0 Å². The van der Waals surface area contributed by atoms with E-state index in [1.165, 1.54) is 6.21 Å². The predicted octanol–water partition coefficient (Wildman–Crippen LogP) is 7.40. The summed E-state index contributed by atoms with van der Waals surface area (Å²) in [6.07, 6.45) is -0.113. The van der Waals surface area contributed by atoms with Gasteiger partial charge in [0.2, 0.25) is 0 Å². The largest absolute Gasteiger partial charge is 0.480 e. The van der Waals surface area contributed by atoms with Gasteiger partial charge < -0.3 is 26.2 Å². The first-order chi connectivity index (χ1) is 21.3. The molecule has 0 radical (unpaired) electrons. The minimum atomic E-state index is -1.30. The molecule has 0 saturated carbocycles. The van der Waals surface area contributed by atoms with Gasteiger partial charge in [-0.2, -0.15) is 0 Å². The smallest absolute Gasteiger partial charge is 0.331 e. The van der Waals surface area contributed by atoms with Gasteiger partial charge in [0.25, 0.3) is 0 Å². The van der Waals surface area contributed by atoms with Crippen LogP contribution in [-0.4, -0.2) is 56.9 Å². The van der Waals surface area contributed by atoms with Gasteiger partial charge in [0.05, 0.1) is 0 Å². The third-order valence-corrected chi connectivity index (χ3v) is 7.98. The molecule has 0 aliphatic carbocycles. The number of aliphatic hydroxyl groups excluding tert-OH is 2. The van der Waals surface area contributed by atoms with Crippen LogP contribution in [0.3, 0.4) is 0 Å². The van der Waals surface area contributed by atoms with Crippen molar-refractivity contribution in [1.82, 2.24) is 0 Å². The molecule has 0 fully saturated rings. The van der Waals surface area contributed by atoms with Gasteiger partial charge in [-0.1, -0.05) is 112 Å². The van der Waals surface area contributed by atoms with Crippen LogP contribution in [0.1, 0.15) is 39.3 Å². The molecular formula is C32H29Br4ClN2O7. The Morgan fingerprint density at radius 3 is 1.30 bits per heavy atom. The number of carboxylic acid groups (broad SMARTS) is 2. The van der Waals surface area contributed by atoms with Gasteiger partial charge in [0, 0.05) is 29.7 Å². The lowest BCUT2D eigenvalue weighted by Crippen LogP contribution is -2.36. The Balaban J connectivity index is 0.000000377. The molecule has 14 heteroatoms. The van der Waals surface area contributed by atoms with Gasteiger partial charge in [-0.25, -0.2) is 4.79 Å². The van der Waals surface area contributed by atoms with Crippen molar-refractivity contribution in [3.63, 3.8) is 0 Å². The van der Waals surface area contributed by atoms with Gasteiger partial charge in [-0.05, 0) is 65.2 Å². The van der Waals surface area contributed by atoms with Crippen LogP contribution in [0, 0.1) is 0 Å². The number of nitrogens with two attached hydrogens (primary N) is 1. The van der Waals surface area contributed by atoms with E-state index in [2.05, 4.69) is 68.7 Å². The van der Waals surface area contributed by atoms with Crippen LogP contribution < -0.4 is 5.73 Å². The van der Waals surface area contributed by atoms with E-state index in [4.69, 9.17) is 10.8 Å². The van der Waals surface area contributed by atoms with Gasteiger partial charge in [-0.15, -0.1) is 12.4 Å². The Morgan fingerprint density at radius 2 is 0.957 bits per heavy atom. The second-order valence-electron chi connectivity index (χ2n) is 9.14. The van der Waals surface area contributed by atoms with Gasteiger partial charge >= 0.3 is 11.9 Å². The number of hydrogen-bond donors (Lipinski definition) is 5. The number of carbonyl (C=O) groups is 3. The summed E-state index contributed by atoms with van der Waals surface area (Å²) >= 11 is 13.1. The minimum Gasteiger partial charge on any atom is -0.480 e. The summed E-state index contributed by atoms with van der Waals surface area (Å²) in [6.45, 7) is 0. The van der Waals surface area contributed by atoms with Crippen molar-refractivity contribution in [2.45, 2.75) is 24.3 Å². The minimum absolute atomic E-state index is 0. The molecule has 6 N–H and O–H groups in total. The van der Waals surface area contributed by atoms with Gasteiger partial charge in [-0.3, -0.25) is 14.6 Å². The fourth-order valence-electron chi connectivity index (χ4n) is 3.38. The second-order valence-corrected chi connectivity index (χ2v) is 12.8. The number of rotatable bonds is 9. The third kappa shape index (κ3) is 14.3. The lowest BCUT2D eigenvalue weighted by molar-refractivity contribution is -0.142. The quantitative estimate of drug-likeness (QED) is 0.0855. The lowest BCUT2D eigenvalue weighted by Gasteiger charge is -2.16. The fraction of sp³-hybridized carbons (Fsp3) is 0.125. The molecule has 0 unspecified atom stereocenters. The van der Waals surface area contributed by atoms with Crippen molar-refractivity contribution >= 4 is 101 Å². The first kappa shape index (κ1) is 41.3. The number of carbonyl (C=O) groups excluding carboxylic acids is 1. The lowest BCUT2D eigenvalue weighted by atomic mass is 10.0. The zero-order valence-electron chi connectivity index (χ0n) is 23.7. The van der Waals surface area contributed by atoms with Gasteiger partial charge in [0.15, 0.2) is 6.04 Å². The highest BCUT2D eigenvalue weighted by atomic mass is 79.9. The van der Waals surface area contributed by atoms with Crippen molar-refractivity contribution in [2.75, 3.05) is 0 Å². The summed E-state index contributed by atoms with van der Waals surface area (Å²) in [5.74, 6) is -2.40. The molecule has 0 heterocycles. The average Bonchev–Trinajstić information content (AvgIpc) is 3.03. The second kappa shape index (κ2) is 21.2. The number of carboxylic acids is 2. The van der Waals surface area contributed by atoms with Crippen molar-refractivity contribution in [3.8, 4) is 0 Å². The van der Waals surface area contributed by atoms with E-state index in [0.717, 1.165) is 29.7 Å². The Morgan fingerprint density at radius 1 is 0.609 bits per heavy atom. The molecule has 0 aromatic heterocycles. The number of aliphatic hydroxyl groups is 2. The molecule has 4 atom stereocenters. The molecule has 0 amide bonds. The molecule has 0 aliphatic rings. The van der Waals surface area contributed by atoms with Crippen molar-refractivity contribution in [1.29, 1.82) is 0 Å². The van der Waals surface area contributed by atoms with E-state index in [1.54, 1.807) is 72.8 Å². The van der Waals surface area contributed by atoms with Crippen molar-refractivity contribution < 1.29 is 34.8 Å². The Labute approximate surface area is 305 Å². The summed E-state index contributed by atoms with van der Waals surface area (Å²) < 4.78 is 3.63. The monoisotopic (exact) mass is 904 g/mol. The van der Waals surface area contributed by atoms with E-state index in [9.17, 15) is 29.7 Å². The van der Waals surface area contributed by atoms with Crippen LogP contribution in [0.4, 0.5) is 0 Å². The van der Waals surface area contributed by atoms with Crippen LogP contribution in [0.15, 0.2) is 120 Å². The normalized spacial score (nSPS) is 12.9. The van der Waals surface area contributed by atoms with Crippen molar-refractivity contribution in [2.24, 2.45) is 10.7 Å². The summed E-state index contributed by atoms with van der Waals surface area (Å²) in [5.41, 5.74) is 7.73. The highest BCUT2D eigenvalue weighted by molar-refractivity contribution is 9.11. The molecule has 0 saturated heterocycles. The molecule has 244 valence electrons. The molecule has 0 aliphatic heterocycles. The van der Waals surface area contributed by atoms with Crippen LogP contribution >= 0.6 is 76.1 Å². The molecule has 4 rings (SSSR count). The summed E-state index contributed by atoms with van der Waals surface area (Å²) in [5, 5.41) is 37.6. The summed E-state index contributed by atoms with van der Waals surface area (Å²) in [7, 11) is 0. The highest BCUT2D eigenvalue weighted by Gasteiger charge is 2.27. The Kier molecular flexibility index (Phi) is 19.0. The van der Waals surface area contributed by atoms with E-state index in [1.807, 2.05) is 24.3 Å². The Bertz CT molecular complexity index is 1560. The maximum atomic E-state index is 11.4. The first-order valence-electron chi connectivity index (χ1n) is 12.9. The number of aliphatic imine (C=N–C) groups is 1.